The van der Waals surface area contributed by atoms with Crippen LogP contribution in [0.1, 0.15) is 37.3 Å². The average Bonchev–Trinajstić information content (AvgIpc) is 3.15. The van der Waals surface area contributed by atoms with E-state index in [0.717, 1.165) is 36.8 Å². The highest BCUT2D eigenvalue weighted by Gasteiger charge is 2.69. The summed E-state index contributed by atoms with van der Waals surface area (Å²) in [5.41, 5.74) is 8.77. The van der Waals surface area contributed by atoms with Crippen molar-refractivity contribution in [3.8, 4) is 11.1 Å². The maximum atomic E-state index is 14.7. The Bertz CT molecular complexity index is 1230. The molecule has 2 N–H and O–H groups in total. The summed E-state index contributed by atoms with van der Waals surface area (Å²) in [6, 6.07) is 7.94. The first kappa shape index (κ1) is 24.8. The van der Waals surface area contributed by atoms with Gasteiger partial charge in [-0.15, -0.1) is 0 Å². The highest BCUT2D eigenvalue weighted by Crippen LogP contribution is 2.66. The third-order valence-corrected chi connectivity index (χ3v) is 8.39. The monoisotopic (exact) mass is 489 g/mol. The van der Waals surface area contributed by atoms with Gasteiger partial charge in [-0.2, -0.15) is 4.39 Å². The van der Waals surface area contributed by atoms with E-state index in [-0.39, 0.29) is 22.8 Å². The van der Waals surface area contributed by atoms with Crippen LogP contribution in [0.15, 0.2) is 35.5 Å². The number of hydrogen-bond donors (Lipinski definition) is 1. The number of ether oxygens (including phenoxy) is 2. The van der Waals surface area contributed by atoms with Crippen LogP contribution in [-0.2, 0) is 21.4 Å². The second-order valence-electron chi connectivity index (χ2n) is 12.1. The van der Waals surface area contributed by atoms with Gasteiger partial charge in [0.1, 0.15) is 29.1 Å². The molecule has 12 heteroatoms. The van der Waals surface area contributed by atoms with Gasteiger partial charge in [-0.05, 0) is 65.7 Å². The predicted molar refractivity (Wildman–Crippen MR) is 151 cm³/mol. The Morgan fingerprint density at radius 1 is 1.26 bits per heavy atom. The Balaban J connectivity index is 1.64. The Kier molecular flexibility index (Phi) is 5.73. The van der Waals surface area contributed by atoms with E-state index < -0.39 is 16.9 Å². The highest BCUT2D eigenvalue weighted by atomic mass is 35.5. The Labute approximate surface area is 216 Å². The van der Waals surface area contributed by atoms with Crippen LogP contribution in [0.2, 0.25) is 5.02 Å². The van der Waals surface area contributed by atoms with Crippen molar-refractivity contribution in [3.05, 3.63) is 52.6 Å². The predicted octanol–water partition coefficient (Wildman–Crippen LogP) is -0.740. The number of rotatable bonds is 3. The summed E-state index contributed by atoms with van der Waals surface area (Å²) < 4.78 is 27.3. The number of aliphatic imine (C=N–C) groups is 1. The van der Waals surface area contributed by atoms with Crippen molar-refractivity contribution >= 4 is 56.9 Å². The fraction of sp³-hybridized carbons (Fsp3) is 0.478. The Morgan fingerprint density at radius 3 is 2.63 bits per heavy atom. The standard InChI is InChI=1S/C23H30B5ClFN3O2/c1-11-8-20(5-4-17(11)34-23(26,27)28)9-13-3-2-12(15-7-14(29)10-32-18(15)30)6-16(13)21(20)22(24,25)35-19(31)33-21/h2-3,6-7,10-11,17H,4-5,8-9,24-28H2,1H3,(H2,31,33)/t11-,17-,20-,21-/m0/s1. The van der Waals surface area contributed by atoms with Crippen LogP contribution >= 0.6 is 11.6 Å². The minimum atomic E-state index is -0.682. The van der Waals surface area contributed by atoms with Crippen LogP contribution in [0.25, 0.3) is 11.1 Å². The largest absolute Gasteiger partial charge is 0.475 e. The van der Waals surface area contributed by atoms with Crippen molar-refractivity contribution < 1.29 is 13.9 Å². The molecule has 4 atom stereocenters. The SMILES string of the molecule is BC(B)(B)O[C@H]1CC[C@@]2(Cc3ccc(-c4cc(Cl)cnc4F)cc3[C@]23N=C(N)OC3(B)B)C[C@@H]1C. The van der Waals surface area contributed by atoms with Crippen molar-refractivity contribution in [2.24, 2.45) is 22.1 Å². The molecule has 2 aliphatic carbocycles. The van der Waals surface area contributed by atoms with E-state index in [1.165, 1.54) is 11.8 Å². The normalized spacial score (nSPS) is 31.3. The van der Waals surface area contributed by atoms with Crippen LogP contribution in [0.4, 0.5) is 4.39 Å². The minimum absolute atomic E-state index is 0.180. The second kappa shape index (κ2) is 8.07. The van der Waals surface area contributed by atoms with E-state index >= 15 is 0 Å². The van der Waals surface area contributed by atoms with Gasteiger partial charge in [0.2, 0.25) is 5.95 Å². The van der Waals surface area contributed by atoms with Gasteiger partial charge in [-0.1, -0.05) is 30.7 Å². The second-order valence-corrected chi connectivity index (χ2v) is 12.5. The van der Waals surface area contributed by atoms with Crippen molar-refractivity contribution in [2.45, 2.75) is 54.9 Å². The highest BCUT2D eigenvalue weighted by molar-refractivity contribution is 6.58. The summed E-state index contributed by atoms with van der Waals surface area (Å²) in [6.07, 6.45) is 5.21. The van der Waals surface area contributed by atoms with Crippen LogP contribution in [-0.4, -0.2) is 67.0 Å². The fourth-order valence-electron chi connectivity index (χ4n) is 7.11. The van der Waals surface area contributed by atoms with Gasteiger partial charge in [0.15, 0.2) is 15.7 Å². The van der Waals surface area contributed by atoms with Crippen molar-refractivity contribution in [1.82, 2.24) is 4.98 Å². The topological polar surface area (TPSA) is 69.7 Å². The lowest BCUT2D eigenvalue weighted by Gasteiger charge is -2.53. The zero-order valence-electron chi connectivity index (χ0n) is 21.4. The number of benzene rings is 1. The van der Waals surface area contributed by atoms with E-state index in [9.17, 15) is 4.39 Å². The molecular formula is C23H30B5ClFN3O2. The molecule has 1 aromatic carbocycles. The molecular weight excluding hydrogens is 459 g/mol. The molecule has 178 valence electrons. The smallest absolute Gasteiger partial charge is 0.282 e. The number of nitrogens with zero attached hydrogens (tertiary/aromatic N) is 2. The first-order valence-corrected chi connectivity index (χ1v) is 12.8. The molecule has 2 aromatic rings. The number of nitrogens with two attached hydrogens (primary N) is 1. The summed E-state index contributed by atoms with van der Waals surface area (Å²) in [5.74, 6) is -0.203. The lowest BCUT2D eigenvalue weighted by atomic mass is 9.44. The van der Waals surface area contributed by atoms with Crippen LogP contribution in [0, 0.1) is 17.3 Å². The summed E-state index contributed by atoms with van der Waals surface area (Å²) in [7, 11) is 10.5. The van der Waals surface area contributed by atoms with E-state index in [2.05, 4.69) is 63.3 Å². The van der Waals surface area contributed by atoms with Gasteiger partial charge in [0.05, 0.1) is 16.5 Å². The first-order valence-electron chi connectivity index (χ1n) is 12.4. The van der Waals surface area contributed by atoms with E-state index in [1.54, 1.807) is 6.07 Å². The number of pyridine rings is 1. The van der Waals surface area contributed by atoms with Crippen LogP contribution < -0.4 is 5.73 Å². The molecule has 0 radical (unpaired) electrons. The molecule has 1 aromatic heterocycles. The van der Waals surface area contributed by atoms with Gasteiger partial charge < -0.3 is 15.2 Å². The Morgan fingerprint density at radius 2 is 2.00 bits per heavy atom. The molecule has 0 bridgehead atoms. The minimum Gasteiger partial charge on any atom is -0.475 e. The molecule has 0 saturated heterocycles. The zero-order valence-corrected chi connectivity index (χ0v) is 22.2. The molecule has 1 saturated carbocycles. The molecule has 0 unspecified atom stereocenters. The molecule has 2 heterocycles. The molecule has 1 fully saturated rings. The number of halogens is 2. The number of hydrogen-bond acceptors (Lipinski definition) is 5. The third-order valence-electron chi connectivity index (χ3n) is 8.18. The molecule has 3 aliphatic rings. The molecule has 35 heavy (non-hydrogen) atoms. The van der Waals surface area contributed by atoms with E-state index in [0.29, 0.717) is 16.5 Å². The number of fused-ring (bicyclic) bond motifs is 3. The van der Waals surface area contributed by atoms with E-state index in [4.69, 9.17) is 31.8 Å². The van der Waals surface area contributed by atoms with Crippen LogP contribution in [0.5, 0.6) is 0 Å². The Hall–Kier alpha value is -1.86. The number of aromatic nitrogens is 1. The van der Waals surface area contributed by atoms with Crippen molar-refractivity contribution in [3.63, 3.8) is 0 Å². The van der Waals surface area contributed by atoms with Gasteiger partial charge in [-0.3, -0.25) is 0 Å². The van der Waals surface area contributed by atoms with Crippen molar-refractivity contribution in [2.75, 3.05) is 0 Å². The molecule has 5 rings (SSSR count). The van der Waals surface area contributed by atoms with Crippen LogP contribution in [0.3, 0.4) is 0 Å². The van der Waals surface area contributed by atoms with Crippen molar-refractivity contribution in [1.29, 1.82) is 0 Å². The van der Waals surface area contributed by atoms with Gasteiger partial charge in [0, 0.05) is 17.2 Å². The average molecular weight is 489 g/mol. The molecule has 5 nitrogen and oxygen atoms in total. The lowest BCUT2D eigenvalue weighted by molar-refractivity contribution is -0.0743. The van der Waals surface area contributed by atoms with E-state index in [1.807, 2.05) is 6.07 Å². The summed E-state index contributed by atoms with van der Waals surface area (Å²) >= 11 is 6.16. The fourth-order valence-corrected chi connectivity index (χ4v) is 7.27. The molecule has 0 amide bonds. The quantitative estimate of drug-likeness (QED) is 0.456. The van der Waals surface area contributed by atoms with Gasteiger partial charge >= 0.3 is 0 Å². The molecule has 1 aliphatic heterocycles. The van der Waals surface area contributed by atoms with Gasteiger partial charge in [0.25, 0.3) is 6.02 Å². The summed E-state index contributed by atoms with van der Waals surface area (Å²) in [5, 5.41) is -0.461. The molecule has 2 spiro atoms. The first-order chi connectivity index (χ1) is 16.3. The third kappa shape index (κ3) is 3.85. The maximum absolute atomic E-state index is 14.7. The zero-order chi connectivity index (χ0) is 25.4. The van der Waals surface area contributed by atoms with Gasteiger partial charge in [-0.25, -0.2) is 9.98 Å². The maximum Gasteiger partial charge on any atom is 0.282 e. The summed E-state index contributed by atoms with van der Waals surface area (Å²) in [6.45, 7) is 2.28. The number of amidine groups is 1. The summed E-state index contributed by atoms with van der Waals surface area (Å²) in [4.78, 5) is 8.92. The lowest BCUT2D eigenvalue weighted by Crippen LogP contribution is -2.60.